The van der Waals surface area contributed by atoms with Gasteiger partial charge in [-0.3, -0.25) is 0 Å². The predicted molar refractivity (Wildman–Crippen MR) is 68.0 cm³/mol. The summed E-state index contributed by atoms with van der Waals surface area (Å²) in [4.78, 5) is 0. The monoisotopic (exact) mass is 261 g/mol. The van der Waals surface area contributed by atoms with Crippen LogP contribution >= 0.6 is 0 Å². The van der Waals surface area contributed by atoms with Crippen molar-refractivity contribution in [3.05, 3.63) is 0 Å². The molecule has 3 atom stereocenters. The van der Waals surface area contributed by atoms with E-state index in [1.54, 1.807) is 0 Å². The lowest BCUT2D eigenvalue weighted by atomic mass is 9.94. The third-order valence-electron chi connectivity index (χ3n) is 4.39. The summed E-state index contributed by atoms with van der Waals surface area (Å²) in [5, 5.41) is 3.28. The van der Waals surface area contributed by atoms with E-state index >= 15 is 0 Å². The summed E-state index contributed by atoms with van der Waals surface area (Å²) in [5.74, 6) is -2.21. The van der Waals surface area contributed by atoms with Crippen molar-refractivity contribution < 1.29 is 13.5 Å². The molecule has 0 aromatic rings. The molecule has 0 bridgehead atoms. The summed E-state index contributed by atoms with van der Waals surface area (Å²) in [6.45, 7) is 0.893. The molecule has 0 radical (unpaired) electrons. The van der Waals surface area contributed by atoms with Crippen LogP contribution in [0.25, 0.3) is 0 Å². The highest BCUT2D eigenvalue weighted by Crippen LogP contribution is 2.41. The van der Waals surface area contributed by atoms with E-state index in [9.17, 15) is 8.78 Å². The summed E-state index contributed by atoms with van der Waals surface area (Å²) in [5.41, 5.74) is 0. The van der Waals surface area contributed by atoms with Crippen LogP contribution in [0.3, 0.4) is 0 Å². The number of rotatable bonds is 6. The van der Waals surface area contributed by atoms with Crippen LogP contribution in [0.2, 0.25) is 0 Å². The van der Waals surface area contributed by atoms with Gasteiger partial charge in [-0.05, 0) is 51.5 Å². The number of hydrogen-bond donors (Lipinski definition) is 1. The third-order valence-corrected chi connectivity index (χ3v) is 4.39. The van der Waals surface area contributed by atoms with Gasteiger partial charge in [0.05, 0.1) is 6.10 Å². The molecule has 1 aliphatic heterocycles. The van der Waals surface area contributed by atoms with E-state index < -0.39 is 5.92 Å². The summed E-state index contributed by atoms with van der Waals surface area (Å²) < 4.78 is 31.9. The molecule has 1 heterocycles. The van der Waals surface area contributed by atoms with Gasteiger partial charge in [-0.2, -0.15) is 0 Å². The Morgan fingerprint density at radius 2 is 2.22 bits per heavy atom. The molecule has 1 aliphatic carbocycles. The molecule has 0 aromatic carbocycles. The zero-order chi connectivity index (χ0) is 13.0. The molecule has 0 aromatic heterocycles. The molecule has 2 fully saturated rings. The smallest absolute Gasteiger partial charge is 0.248 e. The highest BCUT2D eigenvalue weighted by atomic mass is 19.3. The molecule has 0 amide bonds. The van der Waals surface area contributed by atoms with Gasteiger partial charge in [0.1, 0.15) is 0 Å². The van der Waals surface area contributed by atoms with Crippen LogP contribution in [0, 0.1) is 5.92 Å². The standard InChI is InChI=1S/C14H25F2NO/c1-17-12(4-5-13-3-2-8-18-13)9-11-6-7-14(15,16)10-11/h11-13,17H,2-10H2,1H3. The molecule has 1 N–H and O–H groups in total. The predicted octanol–water partition coefficient (Wildman–Crippen LogP) is 3.36. The van der Waals surface area contributed by atoms with Crippen LogP contribution in [0.1, 0.15) is 51.4 Å². The number of ether oxygens (including phenoxy) is 1. The van der Waals surface area contributed by atoms with Gasteiger partial charge in [-0.25, -0.2) is 8.78 Å². The van der Waals surface area contributed by atoms with E-state index in [0.29, 0.717) is 18.6 Å². The van der Waals surface area contributed by atoms with Crippen molar-refractivity contribution in [1.82, 2.24) is 5.32 Å². The maximum absolute atomic E-state index is 13.1. The Kier molecular flexibility index (Phi) is 4.96. The molecule has 106 valence electrons. The highest BCUT2D eigenvalue weighted by molar-refractivity contribution is 4.84. The Morgan fingerprint density at radius 3 is 2.78 bits per heavy atom. The van der Waals surface area contributed by atoms with E-state index in [1.165, 1.54) is 6.42 Å². The van der Waals surface area contributed by atoms with Crippen LogP contribution < -0.4 is 5.32 Å². The Bertz CT molecular complexity index is 254. The van der Waals surface area contributed by atoms with Crippen molar-refractivity contribution in [3.8, 4) is 0 Å². The van der Waals surface area contributed by atoms with Crippen LogP contribution in [0.5, 0.6) is 0 Å². The average Bonchev–Trinajstić information content (AvgIpc) is 2.94. The zero-order valence-electron chi connectivity index (χ0n) is 11.3. The molecule has 0 spiro atoms. The summed E-state index contributed by atoms with van der Waals surface area (Å²) >= 11 is 0. The van der Waals surface area contributed by atoms with Crippen LogP contribution in [-0.4, -0.2) is 31.7 Å². The van der Waals surface area contributed by atoms with E-state index in [-0.39, 0.29) is 18.8 Å². The number of halogens is 2. The minimum atomic E-state index is -2.41. The Balaban J connectivity index is 1.68. The fourth-order valence-electron chi connectivity index (χ4n) is 3.28. The summed E-state index contributed by atoms with van der Waals surface area (Å²) in [6, 6.07) is 0.369. The van der Waals surface area contributed by atoms with Gasteiger partial charge in [0.15, 0.2) is 0 Å². The lowest BCUT2D eigenvalue weighted by molar-refractivity contribution is 0.00421. The molecule has 2 nitrogen and oxygen atoms in total. The van der Waals surface area contributed by atoms with Gasteiger partial charge < -0.3 is 10.1 Å². The Hall–Kier alpha value is -0.220. The first-order chi connectivity index (χ1) is 8.59. The fourth-order valence-corrected chi connectivity index (χ4v) is 3.28. The average molecular weight is 261 g/mol. The Morgan fingerprint density at radius 1 is 1.39 bits per heavy atom. The fraction of sp³-hybridized carbons (Fsp3) is 1.00. The first-order valence-electron chi connectivity index (χ1n) is 7.26. The molecule has 18 heavy (non-hydrogen) atoms. The first kappa shape index (κ1) is 14.2. The topological polar surface area (TPSA) is 21.3 Å². The second kappa shape index (κ2) is 6.29. The van der Waals surface area contributed by atoms with Crippen LogP contribution in [-0.2, 0) is 4.74 Å². The molecular formula is C14H25F2NO. The van der Waals surface area contributed by atoms with Gasteiger partial charge in [-0.1, -0.05) is 0 Å². The summed E-state index contributed by atoms with van der Waals surface area (Å²) in [7, 11) is 1.94. The normalized spacial score (nSPS) is 32.8. The quantitative estimate of drug-likeness (QED) is 0.791. The number of alkyl halides is 2. The van der Waals surface area contributed by atoms with Crippen LogP contribution in [0.15, 0.2) is 0 Å². The van der Waals surface area contributed by atoms with Gasteiger partial charge in [0.2, 0.25) is 5.92 Å². The van der Waals surface area contributed by atoms with Crippen LogP contribution in [0.4, 0.5) is 8.78 Å². The highest BCUT2D eigenvalue weighted by Gasteiger charge is 2.39. The maximum Gasteiger partial charge on any atom is 0.248 e. The van der Waals surface area contributed by atoms with E-state index in [4.69, 9.17) is 4.74 Å². The number of hydrogen-bond acceptors (Lipinski definition) is 2. The van der Waals surface area contributed by atoms with E-state index in [1.807, 2.05) is 7.05 Å². The van der Waals surface area contributed by atoms with Crippen molar-refractivity contribution in [3.63, 3.8) is 0 Å². The largest absolute Gasteiger partial charge is 0.378 e. The second-order valence-electron chi connectivity index (χ2n) is 5.90. The van der Waals surface area contributed by atoms with Crippen molar-refractivity contribution in [1.29, 1.82) is 0 Å². The maximum atomic E-state index is 13.1. The van der Waals surface area contributed by atoms with Crippen molar-refractivity contribution >= 4 is 0 Å². The molecule has 2 aliphatic rings. The molecule has 4 heteroatoms. The van der Waals surface area contributed by atoms with Crippen molar-refractivity contribution in [2.45, 2.75) is 69.4 Å². The third kappa shape index (κ3) is 4.16. The van der Waals surface area contributed by atoms with E-state index in [2.05, 4.69) is 5.32 Å². The molecular weight excluding hydrogens is 236 g/mol. The molecule has 3 unspecified atom stereocenters. The Labute approximate surface area is 108 Å². The second-order valence-corrected chi connectivity index (χ2v) is 5.90. The van der Waals surface area contributed by atoms with Gasteiger partial charge in [0.25, 0.3) is 0 Å². The zero-order valence-corrected chi connectivity index (χ0v) is 11.3. The first-order valence-corrected chi connectivity index (χ1v) is 7.26. The molecule has 1 saturated heterocycles. The van der Waals surface area contributed by atoms with E-state index in [0.717, 1.165) is 32.3 Å². The van der Waals surface area contributed by atoms with Gasteiger partial charge >= 0.3 is 0 Å². The SMILES string of the molecule is CNC(CCC1CCCO1)CC1CCC(F)(F)C1. The minimum absolute atomic E-state index is 0.0832. The number of nitrogens with one attached hydrogen (secondary N) is 1. The molecule has 1 saturated carbocycles. The van der Waals surface area contributed by atoms with Crippen molar-refractivity contribution in [2.24, 2.45) is 5.92 Å². The minimum Gasteiger partial charge on any atom is -0.378 e. The lowest BCUT2D eigenvalue weighted by Crippen LogP contribution is -2.29. The molecule has 2 rings (SSSR count). The summed E-state index contributed by atoms with van der Waals surface area (Å²) in [6.07, 6.45) is 6.60. The van der Waals surface area contributed by atoms with Gasteiger partial charge in [0, 0.05) is 25.5 Å². The lowest BCUT2D eigenvalue weighted by Gasteiger charge is -2.21. The van der Waals surface area contributed by atoms with Gasteiger partial charge in [-0.15, -0.1) is 0 Å². The van der Waals surface area contributed by atoms with Crippen molar-refractivity contribution in [2.75, 3.05) is 13.7 Å².